The third-order valence-corrected chi connectivity index (χ3v) is 8.44. The van der Waals surface area contributed by atoms with Crippen LogP contribution in [-0.2, 0) is 9.59 Å². The van der Waals surface area contributed by atoms with Gasteiger partial charge >= 0.3 is 5.97 Å². The van der Waals surface area contributed by atoms with Gasteiger partial charge in [0.15, 0.2) is 0 Å². The van der Waals surface area contributed by atoms with Crippen molar-refractivity contribution in [2.75, 3.05) is 0 Å². The van der Waals surface area contributed by atoms with Crippen molar-refractivity contribution in [3.8, 4) is 0 Å². The average Bonchev–Trinajstić information content (AvgIpc) is 3.08. The van der Waals surface area contributed by atoms with Gasteiger partial charge in [-0.05, 0) is 49.5 Å². The Balaban J connectivity index is 2.31. The summed E-state index contributed by atoms with van der Waals surface area (Å²) in [7, 11) is 0. The first-order chi connectivity index (χ1) is 14.9. The number of benzene rings is 1. The Labute approximate surface area is 187 Å². The van der Waals surface area contributed by atoms with Crippen molar-refractivity contribution in [2.24, 2.45) is 34.5 Å². The molecule has 0 saturated heterocycles. The zero-order valence-corrected chi connectivity index (χ0v) is 19.7. The van der Waals surface area contributed by atoms with Gasteiger partial charge in [-0.25, -0.2) is 0 Å². The molecule has 0 aromatic heterocycles. The molecule has 3 nitrogen and oxygen atoms in total. The molecule has 0 aliphatic heterocycles. The SMILES string of the molecule is CCC1=C[C@@](/C=C/c2ccccc2)(CC)[C@](CC)(C(=O)O)[C@@H]2[C@@H]1[C@H](CC)C(=O)[C@H]2CC. The van der Waals surface area contributed by atoms with Gasteiger partial charge in [0.25, 0.3) is 0 Å². The fourth-order valence-corrected chi connectivity index (χ4v) is 6.98. The molecule has 1 aromatic rings. The van der Waals surface area contributed by atoms with Gasteiger partial charge in [-0.15, -0.1) is 0 Å². The number of carboxylic acid groups (broad SMARTS) is 1. The Morgan fingerprint density at radius 3 is 2.13 bits per heavy atom. The number of hydrogen-bond donors (Lipinski definition) is 1. The number of ketones is 1. The predicted octanol–water partition coefficient (Wildman–Crippen LogP) is 6.79. The van der Waals surface area contributed by atoms with E-state index in [4.69, 9.17) is 0 Å². The predicted molar refractivity (Wildman–Crippen MR) is 126 cm³/mol. The largest absolute Gasteiger partial charge is 0.481 e. The molecule has 0 spiro atoms. The van der Waals surface area contributed by atoms with E-state index < -0.39 is 16.8 Å². The van der Waals surface area contributed by atoms with Crippen molar-refractivity contribution < 1.29 is 14.7 Å². The van der Waals surface area contributed by atoms with Crippen molar-refractivity contribution in [1.29, 1.82) is 0 Å². The van der Waals surface area contributed by atoms with Crippen LogP contribution in [0.1, 0.15) is 72.3 Å². The maximum atomic E-state index is 13.5. The zero-order valence-electron chi connectivity index (χ0n) is 19.7. The molecule has 1 fully saturated rings. The summed E-state index contributed by atoms with van der Waals surface area (Å²) in [5, 5.41) is 10.8. The summed E-state index contributed by atoms with van der Waals surface area (Å²) in [5.41, 5.74) is 0.745. The maximum Gasteiger partial charge on any atom is 0.311 e. The molecule has 1 N–H and O–H groups in total. The second kappa shape index (κ2) is 9.14. The summed E-state index contributed by atoms with van der Waals surface area (Å²) in [6.45, 7) is 10.4. The molecule has 1 aromatic carbocycles. The second-order valence-corrected chi connectivity index (χ2v) is 9.32. The molecule has 168 valence electrons. The first-order valence-corrected chi connectivity index (χ1v) is 12.1. The number of aliphatic carboxylic acids is 1. The highest BCUT2D eigenvalue weighted by molar-refractivity contribution is 5.90. The molecular weight excluding hydrogens is 384 g/mol. The van der Waals surface area contributed by atoms with Gasteiger partial charge in [0, 0.05) is 17.3 Å². The smallest absolute Gasteiger partial charge is 0.311 e. The topological polar surface area (TPSA) is 54.4 Å². The van der Waals surface area contributed by atoms with Crippen LogP contribution in [0.4, 0.5) is 0 Å². The Kier molecular flexibility index (Phi) is 6.93. The number of hydrogen-bond acceptors (Lipinski definition) is 2. The minimum Gasteiger partial charge on any atom is -0.481 e. The van der Waals surface area contributed by atoms with E-state index in [0.29, 0.717) is 19.3 Å². The van der Waals surface area contributed by atoms with Crippen LogP contribution in [0.2, 0.25) is 0 Å². The first-order valence-electron chi connectivity index (χ1n) is 12.1. The molecule has 3 heteroatoms. The molecule has 2 aliphatic rings. The van der Waals surface area contributed by atoms with Gasteiger partial charge in [0.1, 0.15) is 5.78 Å². The highest BCUT2D eigenvalue weighted by atomic mass is 16.4. The molecule has 1 saturated carbocycles. The van der Waals surface area contributed by atoms with Gasteiger partial charge in [-0.1, -0.05) is 88.8 Å². The number of fused-ring (bicyclic) bond motifs is 1. The molecular formula is C28H38O3. The lowest BCUT2D eigenvalue weighted by atomic mass is 9.46. The Bertz CT molecular complexity index is 868. The molecule has 0 heterocycles. The first kappa shape index (κ1) is 23.5. The lowest BCUT2D eigenvalue weighted by molar-refractivity contribution is -0.165. The van der Waals surface area contributed by atoms with Crippen LogP contribution < -0.4 is 0 Å². The summed E-state index contributed by atoms with van der Waals surface area (Å²) in [6, 6.07) is 10.1. The fourth-order valence-electron chi connectivity index (χ4n) is 6.98. The Morgan fingerprint density at radius 1 is 1.00 bits per heavy atom. The number of carbonyl (C=O) groups excluding carboxylic acids is 1. The number of carbonyl (C=O) groups is 2. The minimum absolute atomic E-state index is 0.0494. The van der Waals surface area contributed by atoms with Crippen LogP contribution in [0.5, 0.6) is 0 Å². The number of Topliss-reactive ketones (excluding diaryl/α,β-unsaturated/α-hetero) is 1. The number of allylic oxidation sites excluding steroid dienone is 3. The van der Waals surface area contributed by atoms with E-state index >= 15 is 0 Å². The van der Waals surface area contributed by atoms with E-state index in [1.165, 1.54) is 5.57 Å². The Hall–Kier alpha value is -2.16. The zero-order chi connectivity index (χ0) is 22.8. The summed E-state index contributed by atoms with van der Waals surface area (Å²) in [5.74, 6) is -0.806. The van der Waals surface area contributed by atoms with Crippen molar-refractivity contribution in [2.45, 2.75) is 66.7 Å². The molecule has 2 aliphatic carbocycles. The Morgan fingerprint density at radius 2 is 1.65 bits per heavy atom. The van der Waals surface area contributed by atoms with E-state index in [1.807, 2.05) is 37.3 Å². The maximum absolute atomic E-state index is 13.5. The quantitative estimate of drug-likeness (QED) is 0.469. The summed E-state index contributed by atoms with van der Waals surface area (Å²) in [6.07, 6.45) is 10.1. The van der Waals surface area contributed by atoms with Gasteiger partial charge in [-0.3, -0.25) is 9.59 Å². The van der Waals surface area contributed by atoms with Crippen LogP contribution >= 0.6 is 0 Å². The van der Waals surface area contributed by atoms with Crippen molar-refractivity contribution in [1.82, 2.24) is 0 Å². The summed E-state index contributed by atoms with van der Waals surface area (Å²) in [4.78, 5) is 26.7. The van der Waals surface area contributed by atoms with Crippen molar-refractivity contribution in [3.63, 3.8) is 0 Å². The van der Waals surface area contributed by atoms with Gasteiger partial charge in [0.05, 0.1) is 5.41 Å². The molecule has 31 heavy (non-hydrogen) atoms. The minimum atomic E-state index is -0.989. The van der Waals surface area contributed by atoms with E-state index in [0.717, 1.165) is 18.4 Å². The lowest BCUT2D eigenvalue weighted by Gasteiger charge is -2.55. The summed E-state index contributed by atoms with van der Waals surface area (Å²) < 4.78 is 0. The van der Waals surface area contributed by atoms with E-state index in [-0.39, 0.29) is 29.5 Å². The molecule has 0 bridgehead atoms. The van der Waals surface area contributed by atoms with Crippen LogP contribution in [0.15, 0.2) is 48.1 Å². The van der Waals surface area contributed by atoms with Gasteiger partial charge < -0.3 is 5.11 Å². The molecule has 6 atom stereocenters. The van der Waals surface area contributed by atoms with Crippen LogP contribution in [-0.4, -0.2) is 16.9 Å². The van der Waals surface area contributed by atoms with Gasteiger partial charge in [0.2, 0.25) is 0 Å². The molecule has 0 radical (unpaired) electrons. The van der Waals surface area contributed by atoms with Crippen molar-refractivity contribution in [3.05, 3.63) is 53.6 Å². The highest BCUT2D eigenvalue weighted by Crippen LogP contribution is 2.66. The van der Waals surface area contributed by atoms with E-state index in [2.05, 4.69) is 45.9 Å². The van der Waals surface area contributed by atoms with E-state index in [1.54, 1.807) is 0 Å². The third kappa shape index (κ3) is 3.41. The number of rotatable bonds is 8. The van der Waals surface area contributed by atoms with Crippen LogP contribution in [0, 0.1) is 34.5 Å². The fraction of sp³-hybridized carbons (Fsp3) is 0.571. The monoisotopic (exact) mass is 422 g/mol. The molecule has 0 amide bonds. The average molecular weight is 423 g/mol. The molecule has 3 rings (SSSR count). The van der Waals surface area contributed by atoms with Crippen LogP contribution in [0.3, 0.4) is 0 Å². The van der Waals surface area contributed by atoms with Gasteiger partial charge in [-0.2, -0.15) is 0 Å². The normalized spacial score (nSPS) is 35.3. The highest BCUT2D eigenvalue weighted by Gasteiger charge is 2.67. The second-order valence-electron chi connectivity index (χ2n) is 9.32. The van der Waals surface area contributed by atoms with E-state index in [9.17, 15) is 14.7 Å². The third-order valence-electron chi connectivity index (χ3n) is 8.44. The lowest BCUT2D eigenvalue weighted by Crippen LogP contribution is -2.56. The van der Waals surface area contributed by atoms with Crippen LogP contribution in [0.25, 0.3) is 6.08 Å². The molecule has 0 unspecified atom stereocenters. The van der Waals surface area contributed by atoms with Crippen molar-refractivity contribution >= 4 is 17.8 Å². The number of carboxylic acids is 1. The standard InChI is InChI=1S/C28H38O3/c1-6-20-18-27(9-4,17-16-19-14-12-11-13-15-19)28(10-5,26(30)31)24-22(8-3)25(29)21(7-2)23(20)24/h11-18,21-24H,6-10H2,1-5H3,(H,30,31)/b17-16+/t21-,22-,23-,24-,27-,28-/m0/s1. The summed E-state index contributed by atoms with van der Waals surface area (Å²) >= 11 is 0.